The van der Waals surface area contributed by atoms with Gasteiger partial charge >= 0.3 is 5.97 Å². The molecular formula is C37H29Cl2N3O4S. The Balaban J connectivity index is 1.45. The molecule has 6 aromatic rings. The smallest absolute Gasteiger partial charge is 0.338 e. The fraction of sp³-hybridized carbons (Fsp3) is 0.162. The van der Waals surface area contributed by atoms with Crippen LogP contribution in [0.15, 0.2) is 106 Å². The zero-order chi connectivity index (χ0) is 32.8. The van der Waals surface area contributed by atoms with E-state index in [-0.39, 0.29) is 12.2 Å². The number of hydrogen-bond acceptors (Lipinski definition) is 6. The van der Waals surface area contributed by atoms with Crippen LogP contribution in [0.25, 0.3) is 27.8 Å². The number of benzene rings is 4. The molecule has 1 atom stereocenters. The van der Waals surface area contributed by atoms with Crippen molar-refractivity contribution in [3.05, 3.63) is 143 Å². The highest BCUT2D eigenvalue weighted by molar-refractivity contribution is 7.07. The first-order valence-corrected chi connectivity index (χ1v) is 16.6. The van der Waals surface area contributed by atoms with Crippen molar-refractivity contribution in [2.45, 2.75) is 26.4 Å². The molecule has 0 fully saturated rings. The van der Waals surface area contributed by atoms with Gasteiger partial charge in [0.05, 0.1) is 29.5 Å². The molecule has 0 amide bonds. The molecule has 0 N–H and O–H groups in total. The Bertz CT molecular complexity index is 2440. The maximum Gasteiger partial charge on any atom is 0.338 e. The van der Waals surface area contributed by atoms with Crippen LogP contribution in [-0.4, -0.2) is 28.8 Å². The van der Waals surface area contributed by atoms with Gasteiger partial charge in [-0.2, -0.15) is 0 Å². The Morgan fingerprint density at radius 1 is 1.02 bits per heavy atom. The molecule has 0 bridgehead atoms. The van der Waals surface area contributed by atoms with Crippen molar-refractivity contribution in [3.63, 3.8) is 0 Å². The van der Waals surface area contributed by atoms with E-state index < -0.39 is 12.0 Å². The molecule has 1 aliphatic heterocycles. The summed E-state index contributed by atoms with van der Waals surface area (Å²) in [5.74, 6) is 0.0376. The van der Waals surface area contributed by atoms with Crippen molar-refractivity contribution in [2.75, 3.05) is 13.7 Å². The largest absolute Gasteiger partial charge is 0.496 e. The number of ether oxygens (including phenoxy) is 2. The molecule has 0 radical (unpaired) electrons. The minimum absolute atomic E-state index is 0.185. The number of allylic oxidation sites excluding steroid dienone is 1. The lowest BCUT2D eigenvalue weighted by Crippen LogP contribution is -2.40. The third-order valence-corrected chi connectivity index (χ3v) is 9.97. The number of hydrogen-bond donors (Lipinski definition) is 0. The maximum absolute atomic E-state index is 14.5. The van der Waals surface area contributed by atoms with Gasteiger partial charge in [0.1, 0.15) is 11.8 Å². The molecule has 1 aliphatic rings. The fourth-order valence-corrected chi connectivity index (χ4v) is 7.80. The maximum atomic E-state index is 14.5. The molecule has 10 heteroatoms. The number of rotatable bonds is 7. The Labute approximate surface area is 284 Å². The van der Waals surface area contributed by atoms with Crippen LogP contribution < -0.4 is 19.6 Å². The van der Waals surface area contributed by atoms with Crippen molar-refractivity contribution in [1.82, 2.24) is 9.13 Å². The summed E-state index contributed by atoms with van der Waals surface area (Å²) in [5, 5.41) is 3.97. The number of thiazole rings is 1. The van der Waals surface area contributed by atoms with Gasteiger partial charge in [0, 0.05) is 44.8 Å². The Hall–Kier alpha value is -4.63. The van der Waals surface area contributed by atoms with Gasteiger partial charge in [-0.1, -0.05) is 89.1 Å². The second kappa shape index (κ2) is 12.5. The summed E-state index contributed by atoms with van der Waals surface area (Å²) in [6.45, 7) is 4.25. The van der Waals surface area contributed by atoms with Gasteiger partial charge in [-0.05, 0) is 60.5 Å². The van der Waals surface area contributed by atoms with Crippen molar-refractivity contribution in [3.8, 4) is 5.75 Å². The summed E-state index contributed by atoms with van der Waals surface area (Å²) in [4.78, 5) is 33.3. The van der Waals surface area contributed by atoms with E-state index in [2.05, 4.69) is 4.57 Å². The van der Waals surface area contributed by atoms with E-state index in [1.165, 1.54) is 11.3 Å². The van der Waals surface area contributed by atoms with Gasteiger partial charge in [-0.3, -0.25) is 9.36 Å². The molecule has 7 rings (SSSR count). The normalized spacial score (nSPS) is 14.8. The van der Waals surface area contributed by atoms with Crippen molar-refractivity contribution in [1.29, 1.82) is 0 Å². The predicted octanol–water partition coefficient (Wildman–Crippen LogP) is 7.27. The van der Waals surface area contributed by atoms with Crippen LogP contribution in [0.2, 0.25) is 10.0 Å². The lowest BCUT2D eigenvalue weighted by molar-refractivity contribution is -0.139. The number of halogens is 2. The number of methoxy groups -OCH3 is 1. The van der Waals surface area contributed by atoms with Crippen LogP contribution in [0.1, 0.15) is 36.6 Å². The molecule has 3 heterocycles. The topological polar surface area (TPSA) is 74.8 Å². The van der Waals surface area contributed by atoms with Crippen molar-refractivity contribution >= 4 is 68.3 Å². The second-order valence-corrected chi connectivity index (χ2v) is 13.0. The van der Waals surface area contributed by atoms with E-state index >= 15 is 0 Å². The summed E-state index contributed by atoms with van der Waals surface area (Å²) in [5.41, 5.74) is 4.03. The molecule has 0 saturated heterocycles. The number of para-hydroxylation sites is 1. The summed E-state index contributed by atoms with van der Waals surface area (Å²) < 4.78 is 15.6. The van der Waals surface area contributed by atoms with Gasteiger partial charge in [-0.25, -0.2) is 9.79 Å². The predicted molar refractivity (Wildman–Crippen MR) is 188 cm³/mol. The van der Waals surface area contributed by atoms with Crippen molar-refractivity contribution < 1.29 is 14.3 Å². The van der Waals surface area contributed by atoms with Gasteiger partial charge in [0.15, 0.2) is 4.80 Å². The highest BCUT2D eigenvalue weighted by Gasteiger charge is 2.36. The molecule has 2 aromatic heterocycles. The number of fused-ring (bicyclic) bond motifs is 3. The fourth-order valence-electron chi connectivity index (χ4n) is 6.30. The first kappa shape index (κ1) is 31.0. The summed E-state index contributed by atoms with van der Waals surface area (Å²) in [6.07, 6.45) is 3.92. The second-order valence-electron chi connectivity index (χ2n) is 11.2. The Morgan fingerprint density at radius 2 is 1.79 bits per heavy atom. The molecule has 4 aromatic carbocycles. The number of nitrogens with zero attached hydrogens (tertiary/aromatic N) is 3. The highest BCUT2D eigenvalue weighted by atomic mass is 35.5. The van der Waals surface area contributed by atoms with E-state index in [9.17, 15) is 9.59 Å². The van der Waals surface area contributed by atoms with Gasteiger partial charge in [0.25, 0.3) is 5.56 Å². The van der Waals surface area contributed by atoms with E-state index in [1.807, 2.05) is 85.1 Å². The molecule has 236 valence electrons. The number of carbonyl (C=O) groups is 1. The SMILES string of the molecule is CCOC(=O)C1=C(C)N=c2s/c(=C\c3cn(Cc4ccc(Cl)cc4Cl)c4ccccc34)c(=O)n2[C@H]1c1c(OC)ccc2ccccc12. The summed E-state index contributed by atoms with van der Waals surface area (Å²) in [7, 11) is 1.59. The number of carbonyl (C=O) groups excluding carboxylic acids is 1. The van der Waals surface area contributed by atoms with Crippen LogP contribution >= 0.6 is 34.5 Å². The number of esters is 1. The zero-order valence-electron chi connectivity index (χ0n) is 25.8. The molecule has 0 saturated carbocycles. The molecule has 7 nitrogen and oxygen atoms in total. The van der Waals surface area contributed by atoms with Crippen molar-refractivity contribution in [2.24, 2.45) is 4.99 Å². The van der Waals surface area contributed by atoms with E-state index in [0.29, 0.717) is 48.5 Å². The van der Waals surface area contributed by atoms with Crippen LogP contribution in [0.3, 0.4) is 0 Å². The molecule has 47 heavy (non-hydrogen) atoms. The highest BCUT2D eigenvalue weighted by Crippen LogP contribution is 2.40. The van der Waals surface area contributed by atoms with E-state index in [1.54, 1.807) is 31.6 Å². The quantitative estimate of drug-likeness (QED) is 0.166. The molecule has 0 unspecified atom stereocenters. The van der Waals surface area contributed by atoms with Gasteiger partial charge in [-0.15, -0.1) is 0 Å². The zero-order valence-corrected chi connectivity index (χ0v) is 28.1. The van der Waals surface area contributed by atoms with Crippen LogP contribution in [0.5, 0.6) is 5.75 Å². The Kier molecular flexibility index (Phi) is 8.26. The minimum Gasteiger partial charge on any atom is -0.496 e. The molecule has 0 aliphatic carbocycles. The average Bonchev–Trinajstić information content (AvgIpc) is 3.57. The lowest BCUT2D eigenvalue weighted by atomic mass is 9.90. The first-order valence-electron chi connectivity index (χ1n) is 15.1. The Morgan fingerprint density at radius 3 is 2.55 bits per heavy atom. The number of aromatic nitrogens is 2. The average molecular weight is 683 g/mol. The third-order valence-electron chi connectivity index (χ3n) is 8.40. The van der Waals surface area contributed by atoms with Crippen LogP contribution in [0, 0.1) is 0 Å². The molecular weight excluding hydrogens is 653 g/mol. The standard InChI is InChI=1S/C37H29Cl2N3O4S/c1-4-46-36(44)32-21(2)40-37-42(34(32)33-27-11-6-5-9-22(27)14-16-30(33)45-3)35(43)31(47-37)17-24-20-41(29-12-8-7-10-26(24)29)19-23-13-15-25(38)18-28(23)39/h5-18,20,34H,4,19H2,1-3H3/b31-17-/t34-/m1/s1. The van der Waals surface area contributed by atoms with Gasteiger partial charge in [0.2, 0.25) is 0 Å². The monoisotopic (exact) mass is 681 g/mol. The van der Waals surface area contributed by atoms with E-state index in [4.69, 9.17) is 37.7 Å². The molecule has 0 spiro atoms. The lowest BCUT2D eigenvalue weighted by Gasteiger charge is -2.27. The summed E-state index contributed by atoms with van der Waals surface area (Å²) in [6, 6.07) is 24.4. The minimum atomic E-state index is -0.818. The van der Waals surface area contributed by atoms with Crippen LogP contribution in [-0.2, 0) is 16.1 Å². The third kappa shape index (κ3) is 5.46. The summed E-state index contributed by atoms with van der Waals surface area (Å²) >= 11 is 14.0. The van der Waals surface area contributed by atoms with Gasteiger partial charge < -0.3 is 14.0 Å². The van der Waals surface area contributed by atoms with Crippen LogP contribution in [0.4, 0.5) is 0 Å². The van der Waals surface area contributed by atoms with E-state index in [0.717, 1.165) is 32.8 Å². The first-order chi connectivity index (χ1) is 22.8.